The van der Waals surface area contributed by atoms with Crippen LogP contribution in [0.25, 0.3) is 0 Å². The molecule has 0 spiro atoms. The van der Waals surface area contributed by atoms with Gasteiger partial charge in [0.2, 0.25) is 0 Å². The van der Waals surface area contributed by atoms with E-state index < -0.39 is 0 Å². The van der Waals surface area contributed by atoms with Gasteiger partial charge in [0, 0.05) is 0 Å². The zero-order chi connectivity index (χ0) is 7.11. The van der Waals surface area contributed by atoms with Gasteiger partial charge in [0.15, 0.2) is 0 Å². The lowest BCUT2D eigenvalue weighted by atomic mass is 10.8. The third kappa shape index (κ3) is 4.74. The molecular weight excluding hydrogens is 114 g/mol. The van der Waals surface area contributed by atoms with Gasteiger partial charge in [0.05, 0.1) is 6.54 Å². The lowest BCUT2D eigenvalue weighted by Gasteiger charge is -1.92. The standard InChI is InChI=1S/C6H11N3/c1-4-7-6(3)9-8-5-2/h4,7H,1,3,5H2,2H3. The normalized spacial score (nSPS) is 9.44. The van der Waals surface area contributed by atoms with Crippen LogP contribution < -0.4 is 5.32 Å². The van der Waals surface area contributed by atoms with Crippen molar-refractivity contribution in [1.29, 1.82) is 0 Å². The molecule has 0 bridgehead atoms. The maximum Gasteiger partial charge on any atom is 0.144 e. The molecule has 1 N–H and O–H groups in total. The number of hydrogen-bond acceptors (Lipinski definition) is 3. The second-order valence-electron chi connectivity index (χ2n) is 1.35. The molecule has 3 nitrogen and oxygen atoms in total. The van der Waals surface area contributed by atoms with E-state index in [0.717, 1.165) is 0 Å². The predicted octanol–water partition coefficient (Wildman–Crippen LogP) is 1.66. The van der Waals surface area contributed by atoms with Crippen molar-refractivity contribution >= 4 is 0 Å². The Labute approximate surface area is 55.2 Å². The van der Waals surface area contributed by atoms with Crippen molar-refractivity contribution in [2.75, 3.05) is 6.54 Å². The van der Waals surface area contributed by atoms with Crippen molar-refractivity contribution in [3.05, 3.63) is 25.2 Å². The maximum atomic E-state index is 3.71. The second kappa shape index (κ2) is 5.03. The summed E-state index contributed by atoms with van der Waals surface area (Å²) < 4.78 is 0. The summed E-state index contributed by atoms with van der Waals surface area (Å²) in [6, 6.07) is 0. The van der Waals surface area contributed by atoms with Crippen LogP contribution in [-0.4, -0.2) is 6.54 Å². The van der Waals surface area contributed by atoms with Crippen molar-refractivity contribution in [3.63, 3.8) is 0 Å². The summed E-state index contributed by atoms with van der Waals surface area (Å²) >= 11 is 0. The molecule has 0 aliphatic carbocycles. The highest BCUT2D eigenvalue weighted by Gasteiger charge is 1.78. The summed E-state index contributed by atoms with van der Waals surface area (Å²) in [6.07, 6.45) is 1.51. The Hall–Kier alpha value is -1.12. The van der Waals surface area contributed by atoms with Crippen LogP contribution >= 0.6 is 0 Å². The summed E-state index contributed by atoms with van der Waals surface area (Å²) in [6.45, 7) is 9.56. The first-order valence-corrected chi connectivity index (χ1v) is 2.75. The maximum absolute atomic E-state index is 3.71. The van der Waals surface area contributed by atoms with E-state index in [-0.39, 0.29) is 0 Å². The monoisotopic (exact) mass is 125 g/mol. The average Bonchev–Trinajstić information content (AvgIpc) is 1.85. The molecule has 0 aromatic rings. The Bertz CT molecular complexity index is 126. The van der Waals surface area contributed by atoms with Gasteiger partial charge in [-0.05, 0) is 13.1 Å². The smallest absolute Gasteiger partial charge is 0.144 e. The van der Waals surface area contributed by atoms with E-state index in [1.165, 1.54) is 6.20 Å². The van der Waals surface area contributed by atoms with Crippen molar-refractivity contribution in [2.45, 2.75) is 6.92 Å². The number of hydrogen-bond donors (Lipinski definition) is 1. The zero-order valence-corrected chi connectivity index (χ0v) is 5.59. The topological polar surface area (TPSA) is 36.8 Å². The van der Waals surface area contributed by atoms with Crippen LogP contribution in [0.2, 0.25) is 0 Å². The van der Waals surface area contributed by atoms with Gasteiger partial charge in [0.25, 0.3) is 0 Å². The molecule has 0 radical (unpaired) electrons. The molecule has 0 atom stereocenters. The number of nitrogens with zero attached hydrogens (tertiary/aromatic N) is 2. The largest absolute Gasteiger partial charge is 0.346 e. The minimum absolute atomic E-state index is 0.520. The van der Waals surface area contributed by atoms with Crippen molar-refractivity contribution < 1.29 is 0 Å². The molecule has 0 saturated carbocycles. The highest BCUT2D eigenvalue weighted by atomic mass is 15.2. The van der Waals surface area contributed by atoms with Crippen LogP contribution in [0.5, 0.6) is 0 Å². The van der Waals surface area contributed by atoms with Crippen LogP contribution in [0, 0.1) is 0 Å². The Morgan fingerprint density at radius 2 is 2.44 bits per heavy atom. The fourth-order valence-electron chi connectivity index (χ4n) is 0.303. The summed E-state index contributed by atoms with van der Waals surface area (Å²) in [7, 11) is 0. The van der Waals surface area contributed by atoms with Gasteiger partial charge in [-0.2, -0.15) is 5.11 Å². The highest BCUT2D eigenvalue weighted by molar-refractivity contribution is 4.90. The van der Waals surface area contributed by atoms with Crippen LogP contribution in [0.1, 0.15) is 6.92 Å². The Morgan fingerprint density at radius 1 is 1.78 bits per heavy atom. The van der Waals surface area contributed by atoms with Gasteiger partial charge < -0.3 is 5.32 Å². The third-order valence-electron chi connectivity index (χ3n) is 0.602. The van der Waals surface area contributed by atoms with Gasteiger partial charge >= 0.3 is 0 Å². The van der Waals surface area contributed by atoms with Gasteiger partial charge in [0.1, 0.15) is 5.82 Å². The summed E-state index contributed by atoms with van der Waals surface area (Å²) in [4.78, 5) is 0. The van der Waals surface area contributed by atoms with Crippen LogP contribution in [0.15, 0.2) is 35.4 Å². The third-order valence-corrected chi connectivity index (χ3v) is 0.602. The molecular formula is C6H11N3. The van der Waals surface area contributed by atoms with Crippen LogP contribution in [0.3, 0.4) is 0 Å². The molecule has 0 amide bonds. The fourth-order valence-corrected chi connectivity index (χ4v) is 0.303. The molecule has 0 aromatic carbocycles. The van der Waals surface area contributed by atoms with E-state index in [4.69, 9.17) is 0 Å². The molecule has 0 rings (SSSR count). The first kappa shape index (κ1) is 7.88. The summed E-state index contributed by atoms with van der Waals surface area (Å²) in [5.41, 5.74) is 0. The van der Waals surface area contributed by atoms with Crippen molar-refractivity contribution in [3.8, 4) is 0 Å². The van der Waals surface area contributed by atoms with E-state index in [2.05, 4.69) is 28.7 Å². The number of azo groups is 1. The molecule has 0 aliphatic rings. The molecule has 0 fully saturated rings. The van der Waals surface area contributed by atoms with Gasteiger partial charge in [-0.15, -0.1) is 5.11 Å². The van der Waals surface area contributed by atoms with E-state index >= 15 is 0 Å². The first-order valence-electron chi connectivity index (χ1n) is 2.75. The minimum Gasteiger partial charge on any atom is -0.346 e. The molecule has 0 saturated heterocycles. The van der Waals surface area contributed by atoms with Crippen LogP contribution in [-0.2, 0) is 0 Å². The average molecular weight is 125 g/mol. The van der Waals surface area contributed by atoms with Gasteiger partial charge in [-0.1, -0.05) is 13.2 Å². The lowest BCUT2D eigenvalue weighted by Crippen LogP contribution is -1.98. The van der Waals surface area contributed by atoms with E-state index in [1.807, 2.05) is 6.92 Å². The van der Waals surface area contributed by atoms with Crippen molar-refractivity contribution in [1.82, 2.24) is 5.32 Å². The molecule has 3 heteroatoms. The molecule has 0 aromatic heterocycles. The van der Waals surface area contributed by atoms with E-state index in [9.17, 15) is 0 Å². The highest BCUT2D eigenvalue weighted by Crippen LogP contribution is 1.86. The first-order chi connectivity index (χ1) is 4.31. The Balaban J connectivity index is 3.49. The minimum atomic E-state index is 0.520. The van der Waals surface area contributed by atoms with Crippen LogP contribution in [0.4, 0.5) is 0 Å². The van der Waals surface area contributed by atoms with Gasteiger partial charge in [-0.3, -0.25) is 0 Å². The summed E-state index contributed by atoms with van der Waals surface area (Å²) in [5, 5.41) is 10.1. The molecule has 0 aliphatic heterocycles. The SMILES string of the molecule is C=CNC(=C)N=NCC. The Kier molecular flexibility index (Phi) is 4.40. The van der Waals surface area contributed by atoms with Crippen molar-refractivity contribution in [2.24, 2.45) is 10.2 Å². The molecule has 50 valence electrons. The predicted molar refractivity (Wildman–Crippen MR) is 37.9 cm³/mol. The molecule has 9 heavy (non-hydrogen) atoms. The fraction of sp³-hybridized carbons (Fsp3) is 0.333. The second-order valence-corrected chi connectivity index (χ2v) is 1.35. The molecule has 0 heterocycles. The zero-order valence-electron chi connectivity index (χ0n) is 5.59. The van der Waals surface area contributed by atoms with E-state index in [0.29, 0.717) is 12.4 Å². The molecule has 0 unspecified atom stereocenters. The Morgan fingerprint density at radius 3 is 2.89 bits per heavy atom. The quantitative estimate of drug-likeness (QED) is 0.570. The van der Waals surface area contributed by atoms with E-state index in [1.54, 1.807) is 0 Å². The lowest BCUT2D eigenvalue weighted by molar-refractivity contribution is 0.908. The summed E-state index contributed by atoms with van der Waals surface area (Å²) in [5.74, 6) is 0.520. The number of rotatable bonds is 4. The van der Waals surface area contributed by atoms with Gasteiger partial charge in [-0.25, -0.2) is 0 Å². The number of nitrogens with one attached hydrogen (secondary N) is 1.